The standard InChI is InChI=1S/C23H16F6N6O/c1-14(3-4-15-5-8-18(25)20(27)9-15)31-11-21(30-2)23(28,29)22(36,12-35-13-32-33-34-35)17-7-6-16(24)10-19(17)26/h5-11,13,36H,2,12H2,1H3/b21-11-,31-14+. The van der Waals surface area contributed by atoms with Crippen molar-refractivity contribution in [1.82, 2.24) is 20.2 Å². The Kier molecular flexibility index (Phi) is 7.69. The fourth-order valence-electron chi connectivity index (χ4n) is 3.03. The van der Waals surface area contributed by atoms with Crippen molar-refractivity contribution in [2.75, 3.05) is 0 Å². The Morgan fingerprint density at radius 2 is 1.86 bits per heavy atom. The minimum absolute atomic E-state index is 0.0475. The van der Waals surface area contributed by atoms with Crippen molar-refractivity contribution in [3.63, 3.8) is 0 Å². The molecule has 0 aliphatic rings. The molecule has 1 heterocycles. The predicted octanol–water partition coefficient (Wildman–Crippen LogP) is 3.81. The van der Waals surface area contributed by atoms with Crippen molar-refractivity contribution >= 4 is 12.4 Å². The van der Waals surface area contributed by atoms with E-state index in [9.17, 15) is 22.7 Å². The number of aromatic nitrogens is 4. The Morgan fingerprint density at radius 1 is 1.11 bits per heavy atom. The van der Waals surface area contributed by atoms with E-state index in [0.29, 0.717) is 24.4 Å². The zero-order valence-electron chi connectivity index (χ0n) is 18.4. The van der Waals surface area contributed by atoms with Gasteiger partial charge in [-0.05, 0) is 60.3 Å². The van der Waals surface area contributed by atoms with Gasteiger partial charge < -0.3 is 5.11 Å². The van der Waals surface area contributed by atoms with E-state index in [1.807, 2.05) is 0 Å². The van der Waals surface area contributed by atoms with Crippen molar-refractivity contribution in [2.45, 2.75) is 25.0 Å². The van der Waals surface area contributed by atoms with Gasteiger partial charge in [-0.3, -0.25) is 9.98 Å². The molecule has 13 heteroatoms. The number of benzene rings is 2. The summed E-state index contributed by atoms with van der Waals surface area (Å²) >= 11 is 0. The lowest BCUT2D eigenvalue weighted by Crippen LogP contribution is -2.50. The second-order valence-corrected chi connectivity index (χ2v) is 7.33. The molecule has 7 nitrogen and oxygen atoms in total. The van der Waals surface area contributed by atoms with Gasteiger partial charge in [0.15, 0.2) is 17.2 Å². The highest BCUT2D eigenvalue weighted by molar-refractivity contribution is 5.99. The normalized spacial score (nSPS) is 14.1. The maximum absolute atomic E-state index is 15.7. The van der Waals surface area contributed by atoms with Gasteiger partial charge in [0, 0.05) is 17.2 Å². The van der Waals surface area contributed by atoms with Gasteiger partial charge >= 0.3 is 5.92 Å². The van der Waals surface area contributed by atoms with Crippen molar-refractivity contribution < 1.29 is 31.4 Å². The molecule has 3 rings (SSSR count). The van der Waals surface area contributed by atoms with Crippen molar-refractivity contribution in [3.8, 4) is 11.8 Å². The lowest BCUT2D eigenvalue weighted by molar-refractivity contribution is -0.175. The molecule has 36 heavy (non-hydrogen) atoms. The van der Waals surface area contributed by atoms with Gasteiger partial charge in [0.1, 0.15) is 23.7 Å². The molecule has 1 N–H and O–H groups in total. The molecule has 2 aromatic carbocycles. The highest BCUT2D eigenvalue weighted by atomic mass is 19.3. The summed E-state index contributed by atoms with van der Waals surface area (Å²) in [5.74, 6) is -4.11. The van der Waals surface area contributed by atoms with E-state index < -0.39 is 52.6 Å². The summed E-state index contributed by atoms with van der Waals surface area (Å²) in [6, 6.07) is 4.59. The number of hydrogen-bond acceptors (Lipinski definition) is 6. The Morgan fingerprint density at radius 3 is 2.47 bits per heavy atom. The highest BCUT2D eigenvalue weighted by Crippen LogP contribution is 2.45. The number of rotatable bonds is 7. The van der Waals surface area contributed by atoms with E-state index >= 15 is 8.78 Å². The first-order valence-electron chi connectivity index (χ1n) is 9.93. The molecule has 0 amide bonds. The van der Waals surface area contributed by atoms with Crippen LogP contribution in [0.4, 0.5) is 26.3 Å². The monoisotopic (exact) mass is 506 g/mol. The number of nitrogens with zero attached hydrogens (tertiary/aromatic N) is 6. The lowest BCUT2D eigenvalue weighted by atomic mass is 9.85. The third kappa shape index (κ3) is 5.49. The van der Waals surface area contributed by atoms with Crippen LogP contribution in [0.15, 0.2) is 64.6 Å². The Hall–Kier alpha value is -4.31. The van der Waals surface area contributed by atoms with Gasteiger partial charge in [0.25, 0.3) is 0 Å². The van der Waals surface area contributed by atoms with Crippen LogP contribution >= 0.6 is 0 Å². The number of tetrazole rings is 1. The molecular formula is C23H16F6N6O. The summed E-state index contributed by atoms with van der Waals surface area (Å²) in [6.07, 6.45) is 1.46. The Bertz CT molecular complexity index is 1390. The molecular weight excluding hydrogens is 490 g/mol. The molecule has 0 saturated carbocycles. The summed E-state index contributed by atoms with van der Waals surface area (Å²) in [6.45, 7) is 3.34. The molecule has 186 valence electrons. The molecule has 3 aromatic rings. The van der Waals surface area contributed by atoms with Gasteiger partial charge in [-0.15, -0.1) is 5.10 Å². The molecule has 1 atom stereocenters. The van der Waals surface area contributed by atoms with Crippen LogP contribution in [0.2, 0.25) is 0 Å². The number of hydrogen-bond donors (Lipinski definition) is 1. The molecule has 0 fully saturated rings. The predicted molar refractivity (Wildman–Crippen MR) is 117 cm³/mol. The van der Waals surface area contributed by atoms with Crippen molar-refractivity contribution in [3.05, 3.63) is 89.0 Å². The van der Waals surface area contributed by atoms with Gasteiger partial charge in [-0.25, -0.2) is 22.2 Å². The number of halogens is 6. The second-order valence-electron chi connectivity index (χ2n) is 7.33. The van der Waals surface area contributed by atoms with Crippen LogP contribution in [0, 0.1) is 35.1 Å². The quantitative estimate of drug-likeness (QED) is 0.300. The third-order valence-corrected chi connectivity index (χ3v) is 4.86. The summed E-state index contributed by atoms with van der Waals surface area (Å²) in [5.41, 5.74) is -5.46. The van der Waals surface area contributed by atoms with Gasteiger partial charge in [-0.1, -0.05) is 5.92 Å². The fourth-order valence-corrected chi connectivity index (χ4v) is 3.03. The highest BCUT2D eigenvalue weighted by Gasteiger charge is 2.58. The van der Waals surface area contributed by atoms with E-state index in [1.54, 1.807) is 0 Å². The van der Waals surface area contributed by atoms with Crippen LogP contribution < -0.4 is 0 Å². The van der Waals surface area contributed by atoms with Crippen molar-refractivity contribution in [2.24, 2.45) is 9.98 Å². The molecule has 0 radical (unpaired) electrons. The van der Waals surface area contributed by atoms with Crippen LogP contribution in [0.3, 0.4) is 0 Å². The second kappa shape index (κ2) is 10.5. The topological polar surface area (TPSA) is 88.5 Å². The molecule has 0 saturated heterocycles. The van der Waals surface area contributed by atoms with Crippen LogP contribution in [0.1, 0.15) is 18.1 Å². The van der Waals surface area contributed by atoms with Crippen LogP contribution in [0.5, 0.6) is 0 Å². The van der Waals surface area contributed by atoms with Crippen LogP contribution in [-0.2, 0) is 12.1 Å². The summed E-state index contributed by atoms with van der Waals surface area (Å²) in [4.78, 5) is 6.98. The molecule has 0 bridgehead atoms. The first-order chi connectivity index (χ1) is 17.0. The number of aliphatic hydroxyl groups is 1. The van der Waals surface area contributed by atoms with E-state index in [0.717, 1.165) is 23.1 Å². The number of aliphatic imine (C=N–C) groups is 2. The molecule has 0 spiro atoms. The van der Waals surface area contributed by atoms with E-state index in [4.69, 9.17) is 0 Å². The van der Waals surface area contributed by atoms with Crippen LogP contribution in [-0.4, -0.2) is 43.7 Å². The molecule has 1 aromatic heterocycles. The largest absolute Gasteiger partial charge is 0.377 e. The number of alkyl halides is 2. The minimum Gasteiger partial charge on any atom is -0.377 e. The van der Waals surface area contributed by atoms with Gasteiger partial charge in [0.2, 0.25) is 0 Å². The molecule has 0 aliphatic heterocycles. The average Bonchev–Trinajstić information content (AvgIpc) is 3.32. The van der Waals surface area contributed by atoms with Crippen molar-refractivity contribution in [1.29, 1.82) is 0 Å². The Labute approximate surface area is 200 Å². The zero-order chi connectivity index (χ0) is 26.5. The van der Waals surface area contributed by atoms with E-state index in [-0.39, 0.29) is 11.3 Å². The summed E-state index contributed by atoms with van der Waals surface area (Å²) in [7, 11) is 0. The summed E-state index contributed by atoms with van der Waals surface area (Å²) in [5, 5.41) is 21.1. The zero-order valence-corrected chi connectivity index (χ0v) is 18.4. The molecule has 1 unspecified atom stereocenters. The first-order valence-corrected chi connectivity index (χ1v) is 9.93. The Balaban J connectivity index is 2.03. The van der Waals surface area contributed by atoms with Gasteiger partial charge in [-0.2, -0.15) is 8.78 Å². The lowest BCUT2D eigenvalue weighted by Gasteiger charge is -2.36. The van der Waals surface area contributed by atoms with E-state index in [1.165, 1.54) is 13.0 Å². The first kappa shape index (κ1) is 26.3. The third-order valence-electron chi connectivity index (χ3n) is 4.86. The average molecular weight is 506 g/mol. The van der Waals surface area contributed by atoms with Crippen LogP contribution in [0.25, 0.3) is 0 Å². The summed E-state index contributed by atoms with van der Waals surface area (Å²) < 4.78 is 86.4. The smallest absolute Gasteiger partial charge is 0.325 e. The van der Waals surface area contributed by atoms with Gasteiger partial charge in [0.05, 0.1) is 18.5 Å². The maximum atomic E-state index is 15.7. The minimum atomic E-state index is -4.36. The SMILES string of the molecule is C=N/C(=C\N=C(/C)C#Cc1ccc(F)c(F)c1)C(F)(F)C(O)(Cn1cnnn1)c1ccc(F)cc1F. The molecule has 0 aliphatic carbocycles. The van der Waals surface area contributed by atoms with E-state index in [2.05, 4.69) is 44.1 Å². The fraction of sp³-hybridized carbons (Fsp3) is 0.174. The maximum Gasteiger partial charge on any atom is 0.325 e.